The molecule has 0 bridgehead atoms. The summed E-state index contributed by atoms with van der Waals surface area (Å²) in [5, 5.41) is 0. The summed E-state index contributed by atoms with van der Waals surface area (Å²) in [6.45, 7) is 4.03. The molecule has 104 valence electrons. The van der Waals surface area contributed by atoms with Crippen molar-refractivity contribution >= 4 is 21.7 Å². The molecule has 0 radical (unpaired) electrons. The molecule has 1 nitrogen and oxygen atoms in total. The third-order valence-corrected chi connectivity index (χ3v) is 3.89. The molecule has 0 unspecified atom stereocenters. The maximum Gasteiger partial charge on any atom is 0.141 e. The Hall–Kier alpha value is -1.48. The number of carbonyl (C=O) groups is 1. The van der Waals surface area contributed by atoms with Gasteiger partial charge in [0.05, 0.1) is 4.47 Å². The van der Waals surface area contributed by atoms with Crippen molar-refractivity contribution in [2.24, 2.45) is 0 Å². The van der Waals surface area contributed by atoms with Gasteiger partial charge in [-0.2, -0.15) is 0 Å². The lowest BCUT2D eigenvalue weighted by Gasteiger charge is -2.07. The Morgan fingerprint density at radius 2 is 1.85 bits per heavy atom. The van der Waals surface area contributed by atoms with Crippen LogP contribution in [0.1, 0.15) is 22.3 Å². The molecule has 0 amide bonds. The van der Waals surface area contributed by atoms with Crippen LogP contribution in [0.2, 0.25) is 0 Å². The summed E-state index contributed by atoms with van der Waals surface area (Å²) in [6.07, 6.45) is 0.745. The first-order valence-corrected chi connectivity index (χ1v) is 7.27. The van der Waals surface area contributed by atoms with Crippen LogP contribution in [0.4, 0.5) is 4.39 Å². The van der Waals surface area contributed by atoms with Gasteiger partial charge in [-0.15, -0.1) is 0 Å². The zero-order chi connectivity index (χ0) is 14.7. The van der Waals surface area contributed by atoms with Gasteiger partial charge in [0.25, 0.3) is 0 Å². The first kappa shape index (κ1) is 14.9. The highest BCUT2D eigenvalue weighted by atomic mass is 79.9. The number of rotatable bonds is 4. The quantitative estimate of drug-likeness (QED) is 0.801. The Balaban J connectivity index is 2.09. The van der Waals surface area contributed by atoms with Crippen molar-refractivity contribution in [1.29, 1.82) is 0 Å². The standard InChI is InChI=1S/C17H16BrFO/c1-11-3-4-12(2)14(7-11)10-15(20)8-13-5-6-17(19)16(18)9-13/h3-7,9H,8,10H2,1-2H3. The lowest BCUT2D eigenvalue weighted by Crippen LogP contribution is -2.08. The molecule has 0 aliphatic heterocycles. The van der Waals surface area contributed by atoms with Gasteiger partial charge in [0, 0.05) is 12.8 Å². The van der Waals surface area contributed by atoms with Gasteiger partial charge in [-0.1, -0.05) is 29.8 Å². The molecule has 0 saturated heterocycles. The molecule has 2 rings (SSSR count). The van der Waals surface area contributed by atoms with Crippen LogP contribution in [-0.4, -0.2) is 5.78 Å². The van der Waals surface area contributed by atoms with E-state index in [4.69, 9.17) is 0 Å². The molecule has 0 N–H and O–H groups in total. The predicted molar refractivity (Wildman–Crippen MR) is 82.4 cm³/mol. The summed E-state index contributed by atoms with van der Waals surface area (Å²) in [6, 6.07) is 10.8. The van der Waals surface area contributed by atoms with E-state index < -0.39 is 0 Å². The molecule has 3 heteroatoms. The Bertz CT molecular complexity index is 649. The summed E-state index contributed by atoms with van der Waals surface area (Å²) >= 11 is 3.14. The van der Waals surface area contributed by atoms with Gasteiger partial charge >= 0.3 is 0 Å². The minimum atomic E-state index is -0.310. The number of Topliss-reactive ketones (excluding diaryl/α,β-unsaturated/α-hetero) is 1. The fourth-order valence-electron chi connectivity index (χ4n) is 2.14. The fourth-order valence-corrected chi connectivity index (χ4v) is 2.57. The first-order valence-electron chi connectivity index (χ1n) is 6.47. The fraction of sp³-hybridized carbons (Fsp3) is 0.235. The lowest BCUT2D eigenvalue weighted by atomic mass is 9.98. The number of hydrogen-bond acceptors (Lipinski definition) is 1. The molecule has 0 saturated carbocycles. The van der Waals surface area contributed by atoms with Crippen molar-refractivity contribution < 1.29 is 9.18 Å². The van der Waals surface area contributed by atoms with Crippen LogP contribution in [0.3, 0.4) is 0 Å². The average molecular weight is 335 g/mol. The number of ketones is 1. The van der Waals surface area contributed by atoms with Crippen LogP contribution in [0.25, 0.3) is 0 Å². The van der Waals surface area contributed by atoms with Crippen molar-refractivity contribution in [2.45, 2.75) is 26.7 Å². The van der Waals surface area contributed by atoms with E-state index in [1.165, 1.54) is 6.07 Å². The number of hydrogen-bond donors (Lipinski definition) is 0. The van der Waals surface area contributed by atoms with Crippen LogP contribution in [0, 0.1) is 19.7 Å². The number of benzene rings is 2. The number of aryl methyl sites for hydroxylation is 2. The van der Waals surface area contributed by atoms with Crippen molar-refractivity contribution in [2.75, 3.05) is 0 Å². The molecule has 0 heterocycles. The topological polar surface area (TPSA) is 17.1 Å². The smallest absolute Gasteiger partial charge is 0.141 e. The minimum absolute atomic E-state index is 0.136. The molecule has 0 aliphatic rings. The second-order valence-corrected chi connectivity index (χ2v) is 5.92. The minimum Gasteiger partial charge on any atom is -0.299 e. The monoisotopic (exact) mass is 334 g/mol. The van der Waals surface area contributed by atoms with E-state index in [2.05, 4.69) is 15.9 Å². The Kier molecular flexibility index (Phi) is 4.71. The maximum atomic E-state index is 13.1. The van der Waals surface area contributed by atoms with E-state index in [1.807, 2.05) is 32.0 Å². The average Bonchev–Trinajstić information content (AvgIpc) is 2.38. The van der Waals surface area contributed by atoms with Gasteiger partial charge in [-0.05, 0) is 58.6 Å². The molecule has 2 aromatic rings. The van der Waals surface area contributed by atoms with Gasteiger partial charge in [0.1, 0.15) is 11.6 Å². The summed E-state index contributed by atoms with van der Waals surface area (Å²) in [5.74, 6) is -0.173. The molecular formula is C17H16BrFO. The second kappa shape index (κ2) is 6.31. The Labute approximate surface area is 127 Å². The van der Waals surface area contributed by atoms with Gasteiger partial charge in [0.2, 0.25) is 0 Å². The highest BCUT2D eigenvalue weighted by Crippen LogP contribution is 2.18. The largest absolute Gasteiger partial charge is 0.299 e. The third-order valence-electron chi connectivity index (χ3n) is 3.28. The molecule has 0 spiro atoms. The SMILES string of the molecule is Cc1ccc(C)c(CC(=O)Cc2ccc(F)c(Br)c2)c1. The molecular weight excluding hydrogens is 319 g/mol. The lowest BCUT2D eigenvalue weighted by molar-refractivity contribution is -0.117. The van der Waals surface area contributed by atoms with E-state index >= 15 is 0 Å². The predicted octanol–water partition coefficient (Wildman–Crippen LogP) is 4.56. The van der Waals surface area contributed by atoms with E-state index in [1.54, 1.807) is 12.1 Å². The Morgan fingerprint density at radius 3 is 2.55 bits per heavy atom. The first-order chi connectivity index (χ1) is 9.45. The molecule has 0 atom stereocenters. The van der Waals surface area contributed by atoms with E-state index in [9.17, 15) is 9.18 Å². The van der Waals surface area contributed by atoms with Crippen LogP contribution in [0.5, 0.6) is 0 Å². The maximum absolute atomic E-state index is 13.1. The summed E-state index contributed by atoms with van der Waals surface area (Å²) in [7, 11) is 0. The third kappa shape index (κ3) is 3.76. The molecule has 20 heavy (non-hydrogen) atoms. The van der Waals surface area contributed by atoms with Crippen LogP contribution >= 0.6 is 15.9 Å². The second-order valence-electron chi connectivity index (χ2n) is 5.07. The van der Waals surface area contributed by atoms with Gasteiger partial charge in [-0.25, -0.2) is 4.39 Å². The van der Waals surface area contributed by atoms with Crippen LogP contribution in [0.15, 0.2) is 40.9 Å². The van der Waals surface area contributed by atoms with Crippen molar-refractivity contribution in [3.05, 3.63) is 68.9 Å². The van der Waals surface area contributed by atoms with Gasteiger partial charge < -0.3 is 0 Å². The zero-order valence-corrected chi connectivity index (χ0v) is 13.1. The highest BCUT2D eigenvalue weighted by Gasteiger charge is 2.09. The normalized spacial score (nSPS) is 10.6. The van der Waals surface area contributed by atoms with E-state index in [-0.39, 0.29) is 11.6 Å². The number of halogens is 2. The zero-order valence-electron chi connectivity index (χ0n) is 11.5. The van der Waals surface area contributed by atoms with E-state index in [0.717, 1.165) is 22.3 Å². The van der Waals surface area contributed by atoms with Gasteiger partial charge in [-0.3, -0.25) is 4.79 Å². The molecule has 2 aromatic carbocycles. The van der Waals surface area contributed by atoms with Crippen LogP contribution in [-0.2, 0) is 17.6 Å². The van der Waals surface area contributed by atoms with Crippen molar-refractivity contribution in [1.82, 2.24) is 0 Å². The summed E-state index contributed by atoms with van der Waals surface area (Å²) < 4.78 is 13.5. The van der Waals surface area contributed by atoms with Crippen molar-refractivity contribution in [3.63, 3.8) is 0 Å². The van der Waals surface area contributed by atoms with Crippen molar-refractivity contribution in [3.8, 4) is 0 Å². The van der Waals surface area contributed by atoms with Crippen LogP contribution < -0.4 is 0 Å². The van der Waals surface area contributed by atoms with Gasteiger partial charge in [0.15, 0.2) is 0 Å². The number of carbonyl (C=O) groups excluding carboxylic acids is 1. The summed E-state index contributed by atoms with van der Waals surface area (Å²) in [4.78, 5) is 12.1. The summed E-state index contributed by atoms with van der Waals surface area (Å²) in [5.41, 5.74) is 4.18. The highest BCUT2D eigenvalue weighted by molar-refractivity contribution is 9.10. The van der Waals surface area contributed by atoms with E-state index in [0.29, 0.717) is 17.3 Å². The Morgan fingerprint density at radius 1 is 1.10 bits per heavy atom. The molecule has 0 fully saturated rings. The molecule has 0 aromatic heterocycles. The molecule has 0 aliphatic carbocycles.